The number of rotatable bonds is 5. The Kier molecular flexibility index (Phi) is 5.33. The van der Waals surface area contributed by atoms with Crippen molar-refractivity contribution in [1.82, 2.24) is 4.90 Å². The Morgan fingerprint density at radius 2 is 1.84 bits per heavy atom. The molecule has 0 saturated carbocycles. The molecule has 5 heteroatoms. The summed E-state index contributed by atoms with van der Waals surface area (Å²) in [4.78, 5) is 26.1. The molecule has 1 aliphatic rings. The minimum Gasteiger partial charge on any atom is -0.493 e. The third-order valence-corrected chi connectivity index (χ3v) is 4.37. The van der Waals surface area contributed by atoms with Crippen LogP contribution in [0.5, 0.6) is 5.75 Å². The van der Waals surface area contributed by atoms with Crippen molar-refractivity contribution in [1.29, 1.82) is 0 Å². The number of fused-ring (bicyclic) bond motifs is 1. The van der Waals surface area contributed by atoms with Gasteiger partial charge in [-0.05, 0) is 36.1 Å². The SMILES string of the molecule is CN(CC(=O)Nc1ccccc1)C(=O)C[C@H]1CCOc2ccccc21. The molecular formula is C20H22N2O3. The summed E-state index contributed by atoms with van der Waals surface area (Å²) in [5.74, 6) is 0.757. The molecule has 3 rings (SSSR count). The van der Waals surface area contributed by atoms with Crippen LogP contribution in [-0.4, -0.2) is 36.9 Å². The number of amides is 2. The van der Waals surface area contributed by atoms with Gasteiger partial charge in [0, 0.05) is 19.2 Å². The van der Waals surface area contributed by atoms with Crippen LogP contribution in [0.4, 0.5) is 5.69 Å². The number of hydrogen-bond acceptors (Lipinski definition) is 3. The van der Waals surface area contributed by atoms with Gasteiger partial charge in [-0.2, -0.15) is 0 Å². The smallest absolute Gasteiger partial charge is 0.243 e. The highest BCUT2D eigenvalue weighted by Crippen LogP contribution is 2.35. The molecule has 0 radical (unpaired) electrons. The van der Waals surface area contributed by atoms with Crippen LogP contribution in [0, 0.1) is 0 Å². The first-order valence-electron chi connectivity index (χ1n) is 8.44. The van der Waals surface area contributed by atoms with Crippen molar-refractivity contribution in [3.05, 3.63) is 60.2 Å². The maximum Gasteiger partial charge on any atom is 0.243 e. The minimum absolute atomic E-state index is 0.0371. The summed E-state index contributed by atoms with van der Waals surface area (Å²) in [6.07, 6.45) is 1.20. The van der Waals surface area contributed by atoms with Gasteiger partial charge in [0.05, 0.1) is 13.2 Å². The van der Waals surface area contributed by atoms with Crippen molar-refractivity contribution < 1.29 is 14.3 Å². The normalized spacial score (nSPS) is 15.6. The van der Waals surface area contributed by atoms with Gasteiger partial charge in [-0.25, -0.2) is 0 Å². The summed E-state index contributed by atoms with van der Waals surface area (Å²) in [7, 11) is 1.66. The molecule has 25 heavy (non-hydrogen) atoms. The summed E-state index contributed by atoms with van der Waals surface area (Å²) in [5.41, 5.74) is 1.80. The molecule has 2 aromatic rings. The van der Waals surface area contributed by atoms with Crippen molar-refractivity contribution in [2.24, 2.45) is 0 Å². The fourth-order valence-electron chi connectivity index (χ4n) is 3.02. The number of nitrogens with one attached hydrogen (secondary N) is 1. The van der Waals surface area contributed by atoms with Crippen LogP contribution in [0.25, 0.3) is 0 Å². The van der Waals surface area contributed by atoms with Crippen LogP contribution in [-0.2, 0) is 9.59 Å². The first-order chi connectivity index (χ1) is 12.1. The minimum atomic E-state index is -0.200. The molecule has 1 N–H and O–H groups in total. The molecule has 2 amide bonds. The number of para-hydroxylation sites is 2. The van der Waals surface area contributed by atoms with Gasteiger partial charge < -0.3 is 15.0 Å². The Labute approximate surface area is 147 Å². The van der Waals surface area contributed by atoms with Crippen molar-refractivity contribution in [2.45, 2.75) is 18.8 Å². The molecule has 0 spiro atoms. The van der Waals surface area contributed by atoms with E-state index < -0.39 is 0 Å². The molecule has 1 aliphatic heterocycles. The van der Waals surface area contributed by atoms with Crippen LogP contribution in [0.3, 0.4) is 0 Å². The van der Waals surface area contributed by atoms with Crippen molar-refractivity contribution in [3.63, 3.8) is 0 Å². The van der Waals surface area contributed by atoms with E-state index >= 15 is 0 Å². The zero-order chi connectivity index (χ0) is 17.6. The van der Waals surface area contributed by atoms with Crippen LogP contribution in [0.2, 0.25) is 0 Å². The van der Waals surface area contributed by atoms with Gasteiger partial charge in [0.15, 0.2) is 0 Å². The predicted octanol–water partition coefficient (Wildman–Crippen LogP) is 3.04. The van der Waals surface area contributed by atoms with Gasteiger partial charge >= 0.3 is 0 Å². The summed E-state index contributed by atoms with van der Waals surface area (Å²) in [5, 5.41) is 2.79. The van der Waals surface area contributed by atoms with Gasteiger partial charge in [0.1, 0.15) is 5.75 Å². The summed E-state index contributed by atoms with van der Waals surface area (Å²) in [6, 6.07) is 17.1. The molecule has 0 bridgehead atoms. The van der Waals surface area contributed by atoms with Crippen LogP contribution >= 0.6 is 0 Å². The third kappa shape index (κ3) is 4.38. The molecule has 1 heterocycles. The number of hydrogen-bond donors (Lipinski definition) is 1. The quantitative estimate of drug-likeness (QED) is 0.911. The molecule has 0 fully saturated rings. The van der Waals surface area contributed by atoms with Gasteiger partial charge in [0.25, 0.3) is 0 Å². The highest BCUT2D eigenvalue weighted by molar-refractivity contribution is 5.94. The standard InChI is InChI=1S/C20H22N2O3/c1-22(14-19(23)21-16-7-3-2-4-8-16)20(24)13-15-11-12-25-18-10-6-5-9-17(15)18/h2-10,15H,11-14H2,1H3,(H,21,23)/t15-/m1/s1. The summed E-state index contributed by atoms with van der Waals surface area (Å²) < 4.78 is 5.64. The zero-order valence-electron chi connectivity index (χ0n) is 14.3. The molecule has 5 nitrogen and oxygen atoms in total. The van der Waals surface area contributed by atoms with E-state index in [1.807, 2.05) is 54.6 Å². The van der Waals surface area contributed by atoms with E-state index in [4.69, 9.17) is 4.74 Å². The lowest BCUT2D eigenvalue weighted by molar-refractivity contribution is -0.133. The Morgan fingerprint density at radius 3 is 2.64 bits per heavy atom. The lowest BCUT2D eigenvalue weighted by atomic mass is 9.90. The Hall–Kier alpha value is -2.82. The third-order valence-electron chi connectivity index (χ3n) is 4.37. The largest absolute Gasteiger partial charge is 0.493 e. The second kappa shape index (κ2) is 7.83. The molecule has 0 unspecified atom stereocenters. The van der Waals surface area contributed by atoms with Crippen molar-refractivity contribution >= 4 is 17.5 Å². The zero-order valence-corrected chi connectivity index (χ0v) is 14.3. The van der Waals surface area contributed by atoms with E-state index in [2.05, 4.69) is 5.32 Å². The molecular weight excluding hydrogens is 316 g/mol. The van der Waals surface area contributed by atoms with Gasteiger partial charge in [-0.3, -0.25) is 9.59 Å². The fourth-order valence-corrected chi connectivity index (χ4v) is 3.02. The molecule has 0 saturated heterocycles. The summed E-state index contributed by atoms with van der Waals surface area (Å²) >= 11 is 0. The van der Waals surface area contributed by atoms with Crippen LogP contribution < -0.4 is 10.1 Å². The first-order valence-corrected chi connectivity index (χ1v) is 8.44. The Morgan fingerprint density at radius 1 is 1.12 bits per heavy atom. The Bertz CT molecular complexity index is 746. The second-order valence-corrected chi connectivity index (χ2v) is 6.24. The second-order valence-electron chi connectivity index (χ2n) is 6.24. The predicted molar refractivity (Wildman–Crippen MR) is 96.6 cm³/mol. The van der Waals surface area contributed by atoms with Crippen LogP contribution in [0.15, 0.2) is 54.6 Å². The van der Waals surface area contributed by atoms with Gasteiger partial charge in [-0.1, -0.05) is 36.4 Å². The maximum atomic E-state index is 12.5. The number of carbonyl (C=O) groups excluding carboxylic acids is 2. The van der Waals surface area contributed by atoms with Crippen molar-refractivity contribution in [2.75, 3.05) is 25.5 Å². The molecule has 130 valence electrons. The number of nitrogens with zero attached hydrogens (tertiary/aromatic N) is 1. The molecule has 0 aliphatic carbocycles. The average molecular weight is 338 g/mol. The number of carbonyl (C=O) groups is 2. The van der Waals surface area contributed by atoms with E-state index in [1.165, 1.54) is 4.90 Å². The lowest BCUT2D eigenvalue weighted by Gasteiger charge is -2.27. The van der Waals surface area contributed by atoms with Gasteiger partial charge in [0.2, 0.25) is 11.8 Å². The first kappa shape index (κ1) is 17.0. The topological polar surface area (TPSA) is 58.6 Å². The average Bonchev–Trinajstić information content (AvgIpc) is 2.62. The van der Waals surface area contributed by atoms with E-state index in [1.54, 1.807) is 7.05 Å². The summed E-state index contributed by atoms with van der Waals surface area (Å²) in [6.45, 7) is 0.658. The van der Waals surface area contributed by atoms with E-state index in [9.17, 15) is 9.59 Å². The lowest BCUT2D eigenvalue weighted by Crippen LogP contribution is -2.36. The van der Waals surface area contributed by atoms with E-state index in [0.29, 0.717) is 13.0 Å². The maximum absolute atomic E-state index is 12.5. The number of likely N-dealkylation sites (N-methyl/N-ethyl adjacent to an activating group) is 1. The highest BCUT2D eigenvalue weighted by atomic mass is 16.5. The molecule has 1 atom stereocenters. The van der Waals surface area contributed by atoms with Crippen LogP contribution in [0.1, 0.15) is 24.3 Å². The fraction of sp³-hybridized carbons (Fsp3) is 0.300. The molecule has 2 aromatic carbocycles. The number of ether oxygens (including phenoxy) is 1. The monoisotopic (exact) mass is 338 g/mol. The van der Waals surface area contributed by atoms with Gasteiger partial charge in [-0.15, -0.1) is 0 Å². The van der Waals surface area contributed by atoms with Crippen molar-refractivity contribution in [3.8, 4) is 5.75 Å². The number of anilines is 1. The van der Waals surface area contributed by atoms with E-state index in [-0.39, 0.29) is 24.3 Å². The number of benzene rings is 2. The van der Waals surface area contributed by atoms with E-state index in [0.717, 1.165) is 23.4 Å². The Balaban J connectivity index is 1.55. The molecule has 0 aromatic heterocycles. The highest BCUT2D eigenvalue weighted by Gasteiger charge is 2.25.